The van der Waals surface area contributed by atoms with Gasteiger partial charge in [-0.1, -0.05) is 20.1 Å². The van der Waals surface area contributed by atoms with Crippen molar-refractivity contribution in [2.75, 3.05) is 7.05 Å². The third-order valence-electron chi connectivity index (χ3n) is 3.06. The van der Waals surface area contributed by atoms with Crippen molar-refractivity contribution in [2.45, 2.75) is 31.3 Å². The number of rotatable bonds is 6. The van der Waals surface area contributed by atoms with E-state index in [4.69, 9.17) is 0 Å². The van der Waals surface area contributed by atoms with Gasteiger partial charge in [0, 0.05) is 11.6 Å². The van der Waals surface area contributed by atoms with Gasteiger partial charge < -0.3 is 16.0 Å². The van der Waals surface area contributed by atoms with Gasteiger partial charge in [0.15, 0.2) is 0 Å². The van der Waals surface area contributed by atoms with Gasteiger partial charge in [-0.2, -0.15) is 0 Å². The van der Waals surface area contributed by atoms with E-state index in [2.05, 4.69) is 36.0 Å². The Morgan fingerprint density at radius 1 is 1.67 bits per heavy atom. The lowest BCUT2D eigenvalue weighted by Crippen LogP contribution is -2.40. The van der Waals surface area contributed by atoms with E-state index in [-0.39, 0.29) is 17.5 Å². The maximum absolute atomic E-state index is 11.6. The molecule has 3 N–H and O–H groups in total. The van der Waals surface area contributed by atoms with Crippen LogP contribution in [0.5, 0.6) is 0 Å². The predicted molar refractivity (Wildman–Crippen MR) is 61.1 cm³/mol. The molecule has 2 unspecified atom stereocenters. The molecule has 84 valence electrons. The van der Waals surface area contributed by atoms with Gasteiger partial charge in [0.2, 0.25) is 0 Å². The summed E-state index contributed by atoms with van der Waals surface area (Å²) >= 11 is 0. The lowest BCUT2D eigenvalue weighted by Gasteiger charge is -2.14. The van der Waals surface area contributed by atoms with Crippen molar-refractivity contribution in [3.8, 4) is 0 Å². The highest BCUT2D eigenvalue weighted by Gasteiger charge is 2.52. The first kappa shape index (κ1) is 11.8. The van der Waals surface area contributed by atoms with Crippen LogP contribution in [0.3, 0.4) is 0 Å². The van der Waals surface area contributed by atoms with Crippen LogP contribution in [0.2, 0.25) is 0 Å². The number of amides is 1. The van der Waals surface area contributed by atoms with Gasteiger partial charge in [0.1, 0.15) is 0 Å². The van der Waals surface area contributed by atoms with Crippen LogP contribution in [0.4, 0.5) is 0 Å². The Morgan fingerprint density at radius 3 is 2.73 bits per heavy atom. The Bertz CT molecular complexity index is 282. The molecule has 4 heteroatoms. The average molecular weight is 209 g/mol. The lowest BCUT2D eigenvalue weighted by molar-refractivity contribution is -0.118. The Balaban J connectivity index is 2.42. The third-order valence-corrected chi connectivity index (χ3v) is 3.06. The van der Waals surface area contributed by atoms with E-state index in [1.54, 1.807) is 0 Å². The Labute approximate surface area is 90.8 Å². The predicted octanol–water partition coefficient (Wildman–Crippen LogP) is 0.490. The fraction of sp³-hybridized carbons (Fsp3) is 0.545. The second-order valence-corrected chi connectivity index (χ2v) is 3.82. The molecule has 1 aliphatic rings. The van der Waals surface area contributed by atoms with Crippen LogP contribution < -0.4 is 16.0 Å². The summed E-state index contributed by atoms with van der Waals surface area (Å²) in [6.45, 7) is 9.19. The molecular weight excluding hydrogens is 190 g/mol. The third kappa shape index (κ3) is 2.39. The first-order valence-corrected chi connectivity index (χ1v) is 5.15. The van der Waals surface area contributed by atoms with Crippen LogP contribution in [0.25, 0.3) is 0 Å². The van der Waals surface area contributed by atoms with E-state index in [0.717, 1.165) is 12.8 Å². The normalized spacial score (nSPS) is 28.0. The molecule has 1 saturated carbocycles. The van der Waals surface area contributed by atoms with Crippen LogP contribution in [0.1, 0.15) is 19.8 Å². The number of carbonyl (C=O) groups excluding carboxylic acids is 1. The van der Waals surface area contributed by atoms with Crippen molar-refractivity contribution in [3.05, 3.63) is 25.1 Å². The zero-order chi connectivity index (χ0) is 11.5. The number of carbonyl (C=O) groups is 1. The van der Waals surface area contributed by atoms with Gasteiger partial charge in [-0.05, 0) is 26.1 Å². The standard InChI is InChI=1S/C11H19N3O/c1-5-11(12-4)7-9(11)14-10(15)8(3)13-6-2/h6,9,12-13H,2-3,5,7H2,1,4H3,(H,14,15). The number of likely N-dealkylation sites (N-methyl/N-ethyl adjacent to an activating group) is 1. The Kier molecular flexibility index (Phi) is 3.52. The summed E-state index contributed by atoms with van der Waals surface area (Å²) < 4.78 is 0. The molecule has 1 aliphatic carbocycles. The smallest absolute Gasteiger partial charge is 0.267 e. The van der Waals surface area contributed by atoms with E-state index in [0.29, 0.717) is 5.70 Å². The van der Waals surface area contributed by atoms with Crippen molar-refractivity contribution in [1.29, 1.82) is 0 Å². The molecule has 0 aromatic heterocycles. The van der Waals surface area contributed by atoms with Crippen LogP contribution in [0, 0.1) is 0 Å². The van der Waals surface area contributed by atoms with Gasteiger partial charge >= 0.3 is 0 Å². The zero-order valence-electron chi connectivity index (χ0n) is 9.39. The summed E-state index contributed by atoms with van der Waals surface area (Å²) in [5, 5.41) is 8.84. The topological polar surface area (TPSA) is 53.2 Å². The second-order valence-electron chi connectivity index (χ2n) is 3.82. The molecule has 0 bridgehead atoms. The highest BCUT2D eigenvalue weighted by molar-refractivity contribution is 5.92. The first-order chi connectivity index (χ1) is 7.09. The maximum atomic E-state index is 11.6. The van der Waals surface area contributed by atoms with E-state index >= 15 is 0 Å². The van der Waals surface area contributed by atoms with Gasteiger partial charge in [0.25, 0.3) is 5.91 Å². The molecule has 0 heterocycles. The molecule has 0 aromatic rings. The van der Waals surface area contributed by atoms with Crippen LogP contribution >= 0.6 is 0 Å². The van der Waals surface area contributed by atoms with Crippen LogP contribution in [0.15, 0.2) is 25.1 Å². The number of nitrogens with one attached hydrogen (secondary N) is 3. The molecule has 0 radical (unpaired) electrons. The van der Waals surface area contributed by atoms with Crippen molar-refractivity contribution in [2.24, 2.45) is 0 Å². The van der Waals surface area contributed by atoms with Gasteiger partial charge in [-0.3, -0.25) is 4.79 Å². The fourth-order valence-electron chi connectivity index (χ4n) is 1.77. The lowest BCUT2D eigenvalue weighted by atomic mass is 10.2. The van der Waals surface area contributed by atoms with Gasteiger partial charge in [0.05, 0.1) is 5.70 Å². The number of hydrogen-bond acceptors (Lipinski definition) is 3. The molecular formula is C11H19N3O. The zero-order valence-corrected chi connectivity index (χ0v) is 9.39. The average Bonchev–Trinajstić information content (AvgIpc) is 2.92. The summed E-state index contributed by atoms with van der Waals surface area (Å²) in [7, 11) is 1.92. The summed E-state index contributed by atoms with van der Waals surface area (Å²) in [6.07, 6.45) is 3.43. The van der Waals surface area contributed by atoms with Gasteiger partial charge in [-0.25, -0.2) is 0 Å². The van der Waals surface area contributed by atoms with Crippen molar-refractivity contribution in [1.82, 2.24) is 16.0 Å². The molecule has 0 saturated heterocycles. The second kappa shape index (κ2) is 4.49. The maximum Gasteiger partial charge on any atom is 0.267 e. The fourth-order valence-corrected chi connectivity index (χ4v) is 1.77. The van der Waals surface area contributed by atoms with Crippen molar-refractivity contribution in [3.63, 3.8) is 0 Å². The van der Waals surface area contributed by atoms with E-state index in [1.165, 1.54) is 6.20 Å². The minimum absolute atomic E-state index is 0.0874. The minimum atomic E-state index is -0.162. The van der Waals surface area contributed by atoms with Gasteiger partial charge in [-0.15, -0.1) is 0 Å². The summed E-state index contributed by atoms with van der Waals surface area (Å²) in [5.41, 5.74) is 0.419. The van der Waals surface area contributed by atoms with E-state index < -0.39 is 0 Å². The molecule has 1 amide bonds. The SMILES string of the molecule is C=CNC(=C)C(=O)NC1CC1(CC)NC. The largest absolute Gasteiger partial charge is 0.358 e. The molecule has 4 nitrogen and oxygen atoms in total. The summed E-state index contributed by atoms with van der Waals surface area (Å²) in [6, 6.07) is 0.211. The van der Waals surface area contributed by atoms with Crippen LogP contribution in [-0.4, -0.2) is 24.5 Å². The monoisotopic (exact) mass is 209 g/mol. The Hall–Kier alpha value is -1.29. The van der Waals surface area contributed by atoms with E-state index in [1.807, 2.05) is 7.05 Å². The highest BCUT2D eigenvalue weighted by Crippen LogP contribution is 2.38. The summed E-state index contributed by atoms with van der Waals surface area (Å²) in [4.78, 5) is 11.6. The summed E-state index contributed by atoms with van der Waals surface area (Å²) in [5.74, 6) is -0.162. The van der Waals surface area contributed by atoms with E-state index in [9.17, 15) is 4.79 Å². The van der Waals surface area contributed by atoms with Crippen molar-refractivity contribution < 1.29 is 4.79 Å². The van der Waals surface area contributed by atoms with Crippen LogP contribution in [-0.2, 0) is 4.79 Å². The highest BCUT2D eigenvalue weighted by atomic mass is 16.2. The molecule has 0 spiro atoms. The molecule has 1 fully saturated rings. The molecule has 15 heavy (non-hydrogen) atoms. The minimum Gasteiger partial charge on any atom is -0.358 e. The number of hydrogen-bond donors (Lipinski definition) is 3. The molecule has 1 rings (SSSR count). The Morgan fingerprint density at radius 2 is 2.33 bits per heavy atom. The molecule has 0 aromatic carbocycles. The van der Waals surface area contributed by atoms with Crippen molar-refractivity contribution >= 4 is 5.91 Å². The molecule has 2 atom stereocenters. The quantitative estimate of drug-likeness (QED) is 0.558. The molecule has 0 aliphatic heterocycles. The first-order valence-electron chi connectivity index (χ1n) is 5.15.